The summed E-state index contributed by atoms with van der Waals surface area (Å²) in [4.78, 5) is 4.91. The summed E-state index contributed by atoms with van der Waals surface area (Å²) in [7, 11) is 0. The zero-order chi connectivity index (χ0) is 11.0. The van der Waals surface area contributed by atoms with Crippen molar-refractivity contribution >= 4 is 33.2 Å². The average Bonchev–Trinajstić information content (AvgIpc) is 2.51. The highest BCUT2D eigenvalue weighted by atomic mass is 79.9. The highest BCUT2D eigenvalue weighted by Crippen LogP contribution is 2.32. The van der Waals surface area contributed by atoms with Crippen LogP contribution in [-0.2, 0) is 4.94 Å². The van der Waals surface area contributed by atoms with Crippen LogP contribution in [0.4, 0.5) is 5.69 Å². The van der Waals surface area contributed by atoms with Gasteiger partial charge in [-0.3, -0.25) is 5.21 Å². The fraction of sp³-hybridized carbons (Fsp3) is 0. The van der Waals surface area contributed by atoms with Crippen LogP contribution in [0.1, 0.15) is 0 Å². The predicted octanol–water partition coefficient (Wildman–Crippen LogP) is 2.22. The van der Waals surface area contributed by atoms with Crippen molar-refractivity contribution in [1.29, 1.82) is 0 Å². The Labute approximate surface area is 99.3 Å². The van der Waals surface area contributed by atoms with Gasteiger partial charge >= 0.3 is 0 Å². The van der Waals surface area contributed by atoms with Crippen molar-refractivity contribution in [2.45, 2.75) is 0 Å². The van der Waals surface area contributed by atoms with Crippen LogP contribution in [-0.4, -0.2) is 10.4 Å². The molecular formula is C8H7BrClN3O2. The van der Waals surface area contributed by atoms with Gasteiger partial charge in [-0.25, -0.2) is 0 Å². The first-order valence-corrected chi connectivity index (χ1v) is 5.13. The first-order chi connectivity index (χ1) is 7.08. The molecule has 5 nitrogen and oxygen atoms in total. The van der Waals surface area contributed by atoms with Crippen LogP contribution in [0.2, 0.25) is 5.02 Å². The Hall–Kier alpha value is -0.950. The van der Waals surface area contributed by atoms with Gasteiger partial charge in [0.15, 0.2) is 5.82 Å². The summed E-state index contributed by atoms with van der Waals surface area (Å²) < 4.78 is 0.770. The summed E-state index contributed by atoms with van der Waals surface area (Å²) in [5.41, 5.74) is 6.06. The average molecular weight is 293 g/mol. The summed E-state index contributed by atoms with van der Waals surface area (Å²) in [6.45, 7) is 0. The summed E-state index contributed by atoms with van der Waals surface area (Å²) in [6.07, 6.45) is 1.43. The van der Waals surface area contributed by atoms with Gasteiger partial charge < -0.3 is 5.73 Å². The molecule has 0 amide bonds. The van der Waals surface area contributed by atoms with Crippen molar-refractivity contribution in [3.05, 3.63) is 39.7 Å². The van der Waals surface area contributed by atoms with Gasteiger partial charge in [0.1, 0.15) is 0 Å². The van der Waals surface area contributed by atoms with Crippen LogP contribution in [0.15, 0.2) is 34.7 Å². The van der Waals surface area contributed by atoms with Crippen molar-refractivity contribution in [2.24, 2.45) is 5.73 Å². The van der Waals surface area contributed by atoms with Gasteiger partial charge in [-0.05, 0) is 34.1 Å². The number of nitrogens with zero attached hydrogens (tertiary/aromatic N) is 2. The molecule has 0 aliphatic carbocycles. The van der Waals surface area contributed by atoms with Gasteiger partial charge in [-0.1, -0.05) is 16.8 Å². The van der Waals surface area contributed by atoms with E-state index in [9.17, 15) is 0 Å². The Morgan fingerprint density at radius 3 is 2.80 bits per heavy atom. The minimum absolute atomic E-state index is 0.0851. The molecule has 0 radical (unpaired) electrons. The normalized spacial score (nSPS) is 15.8. The Kier molecular flexibility index (Phi) is 2.74. The fourth-order valence-electron chi connectivity index (χ4n) is 1.09. The Morgan fingerprint density at radius 2 is 2.20 bits per heavy atom. The van der Waals surface area contributed by atoms with Crippen molar-refractivity contribution in [3.63, 3.8) is 0 Å². The molecule has 1 aliphatic heterocycles. The van der Waals surface area contributed by atoms with Crippen LogP contribution in [0.5, 0.6) is 0 Å². The molecule has 2 rings (SSSR count). The second-order valence-corrected chi connectivity index (χ2v) is 4.12. The number of anilines is 1. The molecule has 0 unspecified atom stereocenters. The minimum Gasteiger partial charge on any atom is -0.380 e. The van der Waals surface area contributed by atoms with E-state index in [1.54, 1.807) is 18.2 Å². The molecule has 1 aromatic carbocycles. The van der Waals surface area contributed by atoms with E-state index in [-0.39, 0.29) is 5.82 Å². The van der Waals surface area contributed by atoms with Gasteiger partial charge in [0.25, 0.3) is 0 Å². The van der Waals surface area contributed by atoms with Gasteiger partial charge in [0, 0.05) is 9.50 Å². The molecular weight excluding hydrogens is 285 g/mol. The zero-order valence-corrected chi connectivity index (χ0v) is 9.73. The molecule has 0 atom stereocenters. The summed E-state index contributed by atoms with van der Waals surface area (Å²) >= 11 is 9.17. The first kappa shape index (κ1) is 10.6. The molecule has 0 spiro atoms. The van der Waals surface area contributed by atoms with Crippen molar-refractivity contribution in [1.82, 2.24) is 5.23 Å². The highest BCUT2D eigenvalue weighted by molar-refractivity contribution is 9.10. The number of hydroxylamine groups is 3. The third-order valence-corrected chi connectivity index (χ3v) is 2.69. The number of rotatable bonds is 1. The van der Waals surface area contributed by atoms with Crippen LogP contribution in [0.25, 0.3) is 0 Å². The van der Waals surface area contributed by atoms with E-state index in [0.717, 1.165) is 4.47 Å². The number of hydrogen-bond acceptors (Lipinski definition) is 5. The lowest BCUT2D eigenvalue weighted by Gasteiger charge is -2.16. The molecule has 0 saturated carbocycles. The molecule has 0 fully saturated rings. The lowest BCUT2D eigenvalue weighted by Crippen LogP contribution is -2.22. The second kappa shape index (κ2) is 3.90. The largest absolute Gasteiger partial charge is 0.380 e. The molecule has 15 heavy (non-hydrogen) atoms. The molecule has 1 aliphatic rings. The lowest BCUT2D eigenvalue weighted by atomic mass is 10.3. The van der Waals surface area contributed by atoms with Gasteiger partial charge in [-0.15, -0.1) is 4.94 Å². The fourth-order valence-corrected chi connectivity index (χ4v) is 1.68. The standard InChI is InChI=1S/C8H7BrClN3O2/c9-6-2-1-5(10)3-7(6)12-4-8(11)13(14)15-12/h1-4,14H,11H2. The summed E-state index contributed by atoms with van der Waals surface area (Å²) in [5.74, 6) is 0.0851. The maximum Gasteiger partial charge on any atom is 0.176 e. The second-order valence-electron chi connectivity index (χ2n) is 2.83. The molecule has 1 aromatic rings. The predicted molar refractivity (Wildman–Crippen MR) is 58.6 cm³/mol. The molecule has 0 bridgehead atoms. The molecule has 1 heterocycles. The molecule has 7 heteroatoms. The van der Waals surface area contributed by atoms with E-state index in [0.29, 0.717) is 15.9 Å². The van der Waals surface area contributed by atoms with E-state index in [1.807, 2.05) is 0 Å². The van der Waals surface area contributed by atoms with E-state index < -0.39 is 0 Å². The van der Waals surface area contributed by atoms with Crippen molar-refractivity contribution in [3.8, 4) is 0 Å². The van der Waals surface area contributed by atoms with Crippen LogP contribution >= 0.6 is 27.5 Å². The first-order valence-electron chi connectivity index (χ1n) is 3.96. The lowest BCUT2D eigenvalue weighted by molar-refractivity contribution is -0.304. The van der Waals surface area contributed by atoms with Gasteiger partial charge in [-0.2, -0.15) is 5.06 Å². The molecule has 80 valence electrons. The topological polar surface area (TPSA) is 62.0 Å². The van der Waals surface area contributed by atoms with E-state index >= 15 is 0 Å². The molecule has 0 aromatic heterocycles. The molecule has 0 saturated heterocycles. The Balaban J connectivity index is 2.35. The van der Waals surface area contributed by atoms with Crippen LogP contribution in [0.3, 0.4) is 0 Å². The van der Waals surface area contributed by atoms with E-state index in [2.05, 4.69) is 15.9 Å². The van der Waals surface area contributed by atoms with Crippen molar-refractivity contribution < 1.29 is 10.1 Å². The van der Waals surface area contributed by atoms with Crippen LogP contribution in [0, 0.1) is 0 Å². The Bertz CT molecular complexity index is 426. The maximum absolute atomic E-state index is 9.12. The number of nitrogens with two attached hydrogens (primary N) is 1. The SMILES string of the molecule is NC1=CN(c2cc(Cl)ccc2Br)ON1O. The van der Waals surface area contributed by atoms with Crippen molar-refractivity contribution in [2.75, 3.05) is 5.06 Å². The smallest absolute Gasteiger partial charge is 0.176 e. The summed E-state index contributed by atoms with van der Waals surface area (Å²) in [6, 6.07) is 5.18. The van der Waals surface area contributed by atoms with Gasteiger partial charge in [0.05, 0.1) is 11.9 Å². The quantitative estimate of drug-likeness (QED) is 0.831. The third-order valence-electron chi connectivity index (χ3n) is 1.78. The minimum atomic E-state index is 0.0851. The van der Waals surface area contributed by atoms with E-state index in [1.165, 1.54) is 11.3 Å². The maximum atomic E-state index is 9.12. The highest BCUT2D eigenvalue weighted by Gasteiger charge is 2.21. The zero-order valence-electron chi connectivity index (χ0n) is 7.39. The molecule has 3 N–H and O–H groups in total. The van der Waals surface area contributed by atoms with E-state index in [4.69, 9.17) is 27.5 Å². The monoisotopic (exact) mass is 291 g/mol. The third kappa shape index (κ3) is 2.03. The van der Waals surface area contributed by atoms with Crippen LogP contribution < -0.4 is 10.8 Å². The summed E-state index contributed by atoms with van der Waals surface area (Å²) in [5, 5.41) is 11.4. The number of benzene rings is 1. The number of halogens is 2. The Morgan fingerprint density at radius 1 is 1.47 bits per heavy atom. The van der Waals surface area contributed by atoms with Gasteiger partial charge in [0.2, 0.25) is 0 Å². The number of hydrogen-bond donors (Lipinski definition) is 2.